The number of carboxylic acids is 2. The lowest BCUT2D eigenvalue weighted by Crippen LogP contribution is -2.52. The molecule has 12 aromatic rings. The summed E-state index contributed by atoms with van der Waals surface area (Å²) in [7, 11) is 0. The number of rotatable bonds is 28. The van der Waals surface area contributed by atoms with Crippen molar-refractivity contribution in [3.05, 3.63) is 184 Å². The van der Waals surface area contributed by atoms with Crippen LogP contribution in [0.4, 0.5) is 27.7 Å². The normalized spacial score (nSPS) is 23.7. The van der Waals surface area contributed by atoms with Crippen molar-refractivity contribution in [1.82, 2.24) is 98.6 Å². The summed E-state index contributed by atoms with van der Waals surface area (Å²) >= 11 is 43.8. The Kier molecular flexibility index (Phi) is 35.8. The molecule has 1 amide bonds. The van der Waals surface area contributed by atoms with Gasteiger partial charge in [0.05, 0.1) is 72.1 Å². The first kappa shape index (κ1) is 110. The van der Waals surface area contributed by atoms with Crippen LogP contribution >= 0.6 is 81.2 Å². The smallest absolute Gasteiger partial charge is 0.303 e. The molecule has 8 aromatic heterocycles. The zero-order chi connectivity index (χ0) is 106. The number of piperidine rings is 4. The van der Waals surface area contributed by atoms with Gasteiger partial charge in [0.15, 0.2) is 28.3 Å². The zero-order valence-corrected chi connectivity index (χ0v) is 92.3. The van der Waals surface area contributed by atoms with Crippen LogP contribution in [0.2, 0.25) is 35.2 Å². The molecule has 8 aliphatic rings. The van der Waals surface area contributed by atoms with Crippen molar-refractivity contribution in [2.75, 3.05) is 91.6 Å². The number of halogens is 8. The van der Waals surface area contributed by atoms with Crippen LogP contribution in [-0.2, 0) is 14.4 Å². The first-order valence-corrected chi connectivity index (χ1v) is 55.6. The average molecular weight is 2180 g/mol. The van der Waals surface area contributed by atoms with Crippen molar-refractivity contribution in [2.45, 2.75) is 303 Å². The molecular weight excluding hydrogens is 2040 g/mol. The summed E-state index contributed by atoms with van der Waals surface area (Å²) in [4.78, 5) is 92.2. The highest BCUT2D eigenvalue weighted by atomic mass is 35.5. The second kappa shape index (κ2) is 48.5. The van der Waals surface area contributed by atoms with E-state index in [4.69, 9.17) is 142 Å². The lowest BCUT2D eigenvalue weighted by molar-refractivity contribution is -0.138. The van der Waals surface area contributed by atoms with E-state index in [0.29, 0.717) is 142 Å². The minimum Gasteiger partial charge on any atom is -0.481 e. The number of aryl methyl sites for hydroxylation is 3. The van der Waals surface area contributed by atoms with Gasteiger partial charge in [-0.2, -0.15) is 25.7 Å². The van der Waals surface area contributed by atoms with Gasteiger partial charge in [-0.05, 0) is 287 Å². The number of carbonyl (C=O) groups is 3. The summed E-state index contributed by atoms with van der Waals surface area (Å²) in [5.74, 6) is 2.67. The van der Waals surface area contributed by atoms with Crippen LogP contribution < -0.4 is 25.3 Å². The van der Waals surface area contributed by atoms with E-state index >= 15 is 0 Å². The minimum absolute atomic E-state index is 0.107. The molecular formula is C109H138Cl7FN26O6. The number of amides is 1. The standard InChI is InChI=1S/C28H38Cl2N6O.C27H32Cl2N8O.C27H34Cl2N6O2.C27H34ClFN6O2/c1-17-16-34(13-11-25(17)35-12-5-6-22(35)9-7-18(2)37)26-15-31-27-19(3)33-36(28(27)32-26)20(4)23-10-8-21(29)14-24(23)30;1-16-15-35(11-9-23(16)36-10-3-4-19(36)6-8-24(31)38)25-14-32-26-22(13-30)34-37(27(26)33-25)17(2)20-7-5-18(28)12-21(20)29;1-16-13-21(34-11-4-5-20(34)7-9-25(36)37)10-12-33(16)24-15-30-26-17(2)32-35(27(26)31-24)18(3)22-8-6-19(28)14-23(22)29;1-16-15-33(12-10-23(16)34-11-4-5-20(34)7-9-25(36)37)24-14-30-26-17(2)32-35(27(26)31-24)18(3)21-8-6-19(28)13-22(21)29/h8,10,14-15,17-18,20,22,25,37H,5-7,9,11-13,16H2,1-4H3;5,7,12,14,16-17,19,23H,3-4,6,8-11,15H2,1-2H3,(H2,31,38);6,8,14-16,18,20-21H,4-5,7,9-13H2,1-3H3,(H,36,37);6,8,13-14,16,18,20,23H,4-5,7,9-12,15H2,1-3H3,(H,36,37). The Morgan fingerprint density at radius 3 is 1.13 bits per heavy atom. The van der Waals surface area contributed by atoms with Crippen molar-refractivity contribution in [3.63, 3.8) is 0 Å². The second-order valence-electron chi connectivity index (χ2n) is 42.5. The SMILES string of the molecule is CC1CN(c2cnc3c(C#N)nn(C(C)c4ccc(Cl)cc4Cl)c3n2)CCC1N1CCCC1CCC(N)=O.Cc1nn(C(C)c2ccc(Cl)cc2Cl)c2nc(N3CCC(N4CCCC4CCC(=O)O)CC3C)cnc12.Cc1nn(C(C)c2ccc(Cl)cc2Cl)c2nc(N3CCC(N4CCCC4CCC(C)O)C(C)C3)cnc12.Cc1nn(C(C)c2ccc(Cl)cc2F)c2nc(N3CCC(N4CCCC4CCC(=O)O)C(C)C3)cnc12. The maximum absolute atomic E-state index is 14.7. The van der Waals surface area contributed by atoms with E-state index in [1.54, 1.807) is 52.0 Å². The number of anilines is 4. The number of likely N-dealkylation sites (tertiary alicyclic amines) is 4. The number of aliphatic hydroxyl groups is 1. The molecule has 0 spiro atoms. The lowest BCUT2D eigenvalue weighted by Gasteiger charge is -2.44. The predicted octanol–water partition coefficient (Wildman–Crippen LogP) is 21.3. The van der Waals surface area contributed by atoms with Crippen LogP contribution in [0, 0.1) is 55.7 Å². The van der Waals surface area contributed by atoms with Gasteiger partial charge < -0.3 is 40.7 Å². The van der Waals surface area contributed by atoms with Crippen LogP contribution in [0.25, 0.3) is 44.7 Å². The summed E-state index contributed by atoms with van der Waals surface area (Å²) < 4.78 is 22.0. The van der Waals surface area contributed by atoms with E-state index in [1.807, 2.05) is 99.8 Å². The highest BCUT2D eigenvalue weighted by Gasteiger charge is 2.44. The number of carboxylic acid groups (broad SMARTS) is 2. The molecule has 20 rings (SSSR count). The molecule has 0 bridgehead atoms. The second-order valence-corrected chi connectivity index (χ2v) is 45.4. The summed E-state index contributed by atoms with van der Waals surface area (Å²) in [6, 6.07) is 26.5. The molecule has 17 unspecified atom stereocenters. The van der Waals surface area contributed by atoms with E-state index < -0.39 is 11.9 Å². The Morgan fingerprint density at radius 2 is 0.765 bits per heavy atom. The summed E-state index contributed by atoms with van der Waals surface area (Å²) in [5, 5.41) is 60.4. The lowest BCUT2D eigenvalue weighted by atomic mass is 9.91. The van der Waals surface area contributed by atoms with Crippen molar-refractivity contribution in [1.29, 1.82) is 5.26 Å². The Hall–Kier alpha value is -10.1. The molecule has 4 aromatic carbocycles. The fraction of sp³-hybridized carbons (Fsp3) is 0.560. The molecule has 8 saturated heterocycles. The maximum atomic E-state index is 14.7. The summed E-state index contributed by atoms with van der Waals surface area (Å²) in [6.45, 7) is 35.5. The van der Waals surface area contributed by atoms with Crippen LogP contribution in [0.15, 0.2) is 97.6 Å². The number of aliphatic hydroxyl groups excluding tert-OH is 1. The monoisotopic (exact) mass is 2170 g/mol. The number of fused-ring (bicyclic) bond motifs is 4. The number of aliphatic carboxylic acids is 2. The minimum atomic E-state index is -0.716. The number of nitriles is 1. The number of nitrogens with two attached hydrogens (primary N) is 1. The number of carbonyl (C=O) groups excluding carboxylic acids is 1. The number of hydrogen-bond donors (Lipinski definition) is 4. The van der Waals surface area contributed by atoms with Gasteiger partial charge in [-0.3, -0.25) is 34.0 Å². The summed E-state index contributed by atoms with van der Waals surface area (Å²) in [5.41, 5.74) is 16.8. The Bertz CT molecular complexity index is 6820. The molecule has 0 saturated carbocycles. The van der Waals surface area contributed by atoms with Crippen molar-refractivity contribution in [2.24, 2.45) is 23.5 Å². The number of hydrogen-bond acceptors (Lipinski definition) is 25. The Morgan fingerprint density at radius 1 is 0.430 bits per heavy atom. The molecule has 40 heteroatoms. The number of primary amides is 1. The van der Waals surface area contributed by atoms with E-state index in [1.165, 1.54) is 31.9 Å². The van der Waals surface area contributed by atoms with Crippen LogP contribution in [0.1, 0.15) is 266 Å². The van der Waals surface area contributed by atoms with Gasteiger partial charge >= 0.3 is 11.9 Å². The molecule has 0 radical (unpaired) electrons. The van der Waals surface area contributed by atoms with Gasteiger partial charge in [0.25, 0.3) is 0 Å². The van der Waals surface area contributed by atoms with Gasteiger partial charge in [-0.25, -0.2) is 63.0 Å². The quantitative estimate of drug-likeness (QED) is 0.0354. The first-order valence-electron chi connectivity index (χ1n) is 53.0. The molecule has 0 aliphatic carbocycles. The molecule has 17 atom stereocenters. The molecule has 8 fully saturated rings. The number of benzene rings is 4. The fourth-order valence-electron chi connectivity index (χ4n) is 24.7. The van der Waals surface area contributed by atoms with Gasteiger partial charge in [-0.15, -0.1) is 0 Å². The average Bonchev–Trinajstić information content (AvgIpc) is 1.62. The third-order valence-electron chi connectivity index (χ3n) is 32.4. The summed E-state index contributed by atoms with van der Waals surface area (Å²) in [6.07, 6.45) is 26.8. The molecule has 32 nitrogen and oxygen atoms in total. The zero-order valence-electron chi connectivity index (χ0n) is 87.0. The van der Waals surface area contributed by atoms with Gasteiger partial charge in [0, 0.05) is 160 Å². The molecule has 16 heterocycles. The van der Waals surface area contributed by atoms with E-state index in [9.17, 15) is 29.1 Å². The first-order chi connectivity index (χ1) is 71.4. The third kappa shape index (κ3) is 24.9. The van der Waals surface area contributed by atoms with Gasteiger partial charge in [0.1, 0.15) is 57.2 Å². The van der Waals surface area contributed by atoms with Crippen LogP contribution in [0.5, 0.6) is 0 Å². The van der Waals surface area contributed by atoms with Crippen molar-refractivity contribution >= 4 is 167 Å². The topological polar surface area (TPSA) is 362 Å². The maximum Gasteiger partial charge on any atom is 0.303 e. The van der Waals surface area contributed by atoms with Gasteiger partial charge in [-0.1, -0.05) is 126 Å². The van der Waals surface area contributed by atoms with E-state index in [2.05, 4.69) is 102 Å². The largest absolute Gasteiger partial charge is 0.481 e. The Balaban J connectivity index is 0.000000135. The number of aromatic nitrogens is 16. The highest BCUT2D eigenvalue weighted by Crippen LogP contribution is 2.43. The van der Waals surface area contributed by atoms with Crippen LogP contribution in [-0.4, -0.2) is 264 Å². The van der Waals surface area contributed by atoms with Crippen molar-refractivity contribution in [3.8, 4) is 6.07 Å². The van der Waals surface area contributed by atoms with E-state index in [0.717, 1.165) is 241 Å². The molecule has 5 N–H and O–H groups in total. The Labute approximate surface area is 905 Å². The van der Waals surface area contributed by atoms with Crippen LogP contribution in [0.3, 0.4) is 0 Å². The number of nitrogens with zero attached hydrogens (tertiary/aromatic N) is 25. The third-order valence-corrected chi connectivity index (χ3v) is 34.4. The van der Waals surface area contributed by atoms with E-state index in [-0.39, 0.29) is 60.5 Å². The molecule has 8 aliphatic heterocycles. The predicted molar refractivity (Wildman–Crippen MR) is 587 cm³/mol. The van der Waals surface area contributed by atoms with Gasteiger partial charge in [0.2, 0.25) is 5.91 Å². The molecule has 796 valence electrons. The highest BCUT2D eigenvalue weighted by molar-refractivity contribution is 6.36. The fourth-order valence-corrected chi connectivity index (χ4v) is 26.6. The van der Waals surface area contributed by atoms with Crippen molar-refractivity contribution < 1.29 is 34.1 Å². The molecule has 149 heavy (non-hydrogen) atoms.